The molecule has 2 rings (SSSR count). The van der Waals surface area contributed by atoms with Gasteiger partial charge in [0.1, 0.15) is 5.75 Å². The van der Waals surface area contributed by atoms with Crippen molar-refractivity contribution < 1.29 is 9.53 Å². The molecule has 0 fully saturated rings. The van der Waals surface area contributed by atoms with Crippen molar-refractivity contribution in [3.8, 4) is 5.75 Å². The lowest BCUT2D eigenvalue weighted by atomic mass is 10.2. The minimum atomic E-state index is -0.205. The third-order valence-electron chi connectivity index (χ3n) is 2.78. The predicted molar refractivity (Wildman–Crippen MR) is 83.9 cm³/mol. The van der Waals surface area contributed by atoms with Gasteiger partial charge in [-0.25, -0.2) is 0 Å². The maximum absolute atomic E-state index is 12.2. The summed E-state index contributed by atoms with van der Waals surface area (Å²) in [5.41, 5.74) is 2.01. The van der Waals surface area contributed by atoms with E-state index in [-0.39, 0.29) is 11.9 Å². The van der Waals surface area contributed by atoms with Gasteiger partial charge in [-0.1, -0.05) is 6.07 Å². The Labute approximate surface area is 124 Å². The zero-order chi connectivity index (χ0) is 15.2. The van der Waals surface area contributed by atoms with Gasteiger partial charge in [0.15, 0.2) is 0 Å². The Bertz CT molecular complexity index is 626. The SMILES string of the molecule is COc1cccc(NC(=O)c2cncc(NC(C)C)c2)c1. The van der Waals surface area contributed by atoms with Crippen molar-refractivity contribution in [1.29, 1.82) is 0 Å². The molecular weight excluding hydrogens is 266 g/mol. The summed E-state index contributed by atoms with van der Waals surface area (Å²) < 4.78 is 5.13. The lowest BCUT2D eigenvalue weighted by Gasteiger charge is -2.11. The first kappa shape index (κ1) is 14.8. The van der Waals surface area contributed by atoms with Gasteiger partial charge >= 0.3 is 0 Å². The van der Waals surface area contributed by atoms with E-state index in [2.05, 4.69) is 15.6 Å². The molecule has 2 N–H and O–H groups in total. The molecule has 1 heterocycles. The van der Waals surface area contributed by atoms with Gasteiger partial charge in [0.05, 0.1) is 18.4 Å². The highest BCUT2D eigenvalue weighted by Gasteiger charge is 2.08. The first-order valence-corrected chi connectivity index (χ1v) is 6.75. The number of carbonyl (C=O) groups excluding carboxylic acids is 1. The van der Waals surface area contributed by atoms with Gasteiger partial charge in [0.2, 0.25) is 0 Å². The molecule has 0 saturated carbocycles. The Hall–Kier alpha value is -2.56. The average Bonchev–Trinajstić information content (AvgIpc) is 2.47. The van der Waals surface area contributed by atoms with Gasteiger partial charge in [-0.3, -0.25) is 9.78 Å². The molecule has 0 aliphatic rings. The van der Waals surface area contributed by atoms with Crippen LogP contribution in [0, 0.1) is 0 Å². The molecule has 0 aliphatic carbocycles. The molecule has 0 atom stereocenters. The Morgan fingerprint density at radius 3 is 2.71 bits per heavy atom. The summed E-state index contributed by atoms with van der Waals surface area (Å²) in [6.07, 6.45) is 3.24. The van der Waals surface area contributed by atoms with E-state index in [1.807, 2.05) is 32.0 Å². The average molecular weight is 285 g/mol. The van der Waals surface area contributed by atoms with E-state index in [4.69, 9.17) is 4.74 Å². The standard InChI is InChI=1S/C16H19N3O2/c1-11(2)18-14-7-12(9-17-10-14)16(20)19-13-5-4-6-15(8-13)21-3/h4-11,18H,1-3H3,(H,19,20). The second-order valence-electron chi connectivity index (χ2n) is 4.95. The van der Waals surface area contributed by atoms with E-state index in [1.54, 1.807) is 31.6 Å². The smallest absolute Gasteiger partial charge is 0.257 e. The van der Waals surface area contributed by atoms with Crippen molar-refractivity contribution >= 4 is 17.3 Å². The first-order valence-electron chi connectivity index (χ1n) is 6.75. The number of carbonyl (C=O) groups is 1. The molecule has 0 bridgehead atoms. The van der Waals surface area contributed by atoms with Crippen molar-refractivity contribution in [2.75, 3.05) is 17.7 Å². The quantitative estimate of drug-likeness (QED) is 0.885. The van der Waals surface area contributed by atoms with Crippen molar-refractivity contribution in [3.05, 3.63) is 48.3 Å². The summed E-state index contributed by atoms with van der Waals surface area (Å²) >= 11 is 0. The van der Waals surface area contributed by atoms with Crippen LogP contribution >= 0.6 is 0 Å². The highest BCUT2D eigenvalue weighted by atomic mass is 16.5. The molecule has 0 spiro atoms. The number of amides is 1. The highest BCUT2D eigenvalue weighted by Crippen LogP contribution is 2.18. The van der Waals surface area contributed by atoms with E-state index in [0.29, 0.717) is 17.0 Å². The first-order chi connectivity index (χ1) is 10.1. The Balaban J connectivity index is 2.12. The van der Waals surface area contributed by atoms with E-state index < -0.39 is 0 Å². The minimum absolute atomic E-state index is 0.205. The number of nitrogens with one attached hydrogen (secondary N) is 2. The van der Waals surface area contributed by atoms with Crippen molar-refractivity contribution in [2.24, 2.45) is 0 Å². The maximum Gasteiger partial charge on any atom is 0.257 e. The molecule has 0 saturated heterocycles. The highest BCUT2D eigenvalue weighted by molar-refractivity contribution is 6.04. The lowest BCUT2D eigenvalue weighted by Crippen LogP contribution is -2.14. The zero-order valence-corrected chi connectivity index (χ0v) is 12.4. The van der Waals surface area contributed by atoms with Crippen LogP contribution in [-0.2, 0) is 0 Å². The van der Waals surface area contributed by atoms with Gasteiger partial charge in [-0.05, 0) is 32.0 Å². The topological polar surface area (TPSA) is 63.2 Å². The fourth-order valence-electron chi connectivity index (χ4n) is 1.88. The number of pyridine rings is 1. The Kier molecular flexibility index (Phi) is 4.77. The molecule has 110 valence electrons. The summed E-state index contributed by atoms with van der Waals surface area (Å²) in [6.45, 7) is 4.06. The number of benzene rings is 1. The van der Waals surface area contributed by atoms with Crippen LogP contribution in [0.1, 0.15) is 24.2 Å². The van der Waals surface area contributed by atoms with Crippen LogP contribution in [0.3, 0.4) is 0 Å². The van der Waals surface area contributed by atoms with E-state index in [1.165, 1.54) is 0 Å². The number of hydrogen-bond donors (Lipinski definition) is 2. The largest absolute Gasteiger partial charge is 0.497 e. The molecule has 21 heavy (non-hydrogen) atoms. The summed E-state index contributed by atoms with van der Waals surface area (Å²) in [5, 5.41) is 6.05. The molecule has 0 radical (unpaired) electrons. The Morgan fingerprint density at radius 2 is 2.00 bits per heavy atom. The molecule has 1 aromatic carbocycles. The van der Waals surface area contributed by atoms with Crippen LogP contribution in [0.4, 0.5) is 11.4 Å². The van der Waals surface area contributed by atoms with E-state index in [9.17, 15) is 4.79 Å². The van der Waals surface area contributed by atoms with Gasteiger partial charge in [0, 0.05) is 30.2 Å². The molecule has 0 unspecified atom stereocenters. The molecule has 2 aromatic rings. The van der Waals surface area contributed by atoms with Crippen LogP contribution in [0.25, 0.3) is 0 Å². The van der Waals surface area contributed by atoms with E-state index in [0.717, 1.165) is 5.69 Å². The third kappa shape index (κ3) is 4.21. The number of hydrogen-bond acceptors (Lipinski definition) is 4. The lowest BCUT2D eigenvalue weighted by molar-refractivity contribution is 0.102. The fraction of sp³-hybridized carbons (Fsp3) is 0.250. The van der Waals surface area contributed by atoms with Gasteiger partial charge < -0.3 is 15.4 Å². The van der Waals surface area contributed by atoms with Crippen LogP contribution in [-0.4, -0.2) is 24.0 Å². The number of ether oxygens (including phenoxy) is 1. The molecule has 1 aromatic heterocycles. The maximum atomic E-state index is 12.2. The van der Waals surface area contributed by atoms with Crippen LogP contribution < -0.4 is 15.4 Å². The van der Waals surface area contributed by atoms with Crippen molar-refractivity contribution in [3.63, 3.8) is 0 Å². The Morgan fingerprint density at radius 1 is 1.19 bits per heavy atom. The number of rotatable bonds is 5. The van der Waals surface area contributed by atoms with E-state index >= 15 is 0 Å². The third-order valence-corrected chi connectivity index (χ3v) is 2.78. The normalized spacial score (nSPS) is 10.3. The van der Waals surface area contributed by atoms with Gasteiger partial charge in [-0.2, -0.15) is 0 Å². The summed E-state index contributed by atoms with van der Waals surface area (Å²) in [4.78, 5) is 16.3. The number of aromatic nitrogens is 1. The molecular formula is C16H19N3O2. The molecule has 1 amide bonds. The van der Waals surface area contributed by atoms with Crippen molar-refractivity contribution in [1.82, 2.24) is 4.98 Å². The van der Waals surface area contributed by atoms with Gasteiger partial charge in [-0.15, -0.1) is 0 Å². The van der Waals surface area contributed by atoms with Crippen LogP contribution in [0.5, 0.6) is 5.75 Å². The van der Waals surface area contributed by atoms with Crippen molar-refractivity contribution in [2.45, 2.75) is 19.9 Å². The number of methoxy groups -OCH3 is 1. The number of anilines is 2. The van der Waals surface area contributed by atoms with Gasteiger partial charge in [0.25, 0.3) is 5.91 Å². The number of nitrogens with zero attached hydrogens (tertiary/aromatic N) is 1. The minimum Gasteiger partial charge on any atom is -0.497 e. The summed E-state index contributed by atoms with van der Waals surface area (Å²) in [5.74, 6) is 0.490. The zero-order valence-electron chi connectivity index (χ0n) is 12.4. The second kappa shape index (κ2) is 6.74. The molecule has 5 heteroatoms. The monoisotopic (exact) mass is 285 g/mol. The summed E-state index contributed by atoms with van der Waals surface area (Å²) in [7, 11) is 1.59. The van der Waals surface area contributed by atoms with Crippen LogP contribution in [0.2, 0.25) is 0 Å². The second-order valence-corrected chi connectivity index (χ2v) is 4.95. The van der Waals surface area contributed by atoms with Crippen LogP contribution in [0.15, 0.2) is 42.7 Å². The predicted octanol–water partition coefficient (Wildman–Crippen LogP) is 3.16. The summed E-state index contributed by atoms with van der Waals surface area (Å²) in [6, 6.07) is 9.28. The fourth-order valence-corrected chi connectivity index (χ4v) is 1.88. The molecule has 5 nitrogen and oxygen atoms in total. The molecule has 0 aliphatic heterocycles.